The van der Waals surface area contributed by atoms with Gasteiger partial charge in [-0.15, -0.1) is 12.4 Å². The largest absolute Gasteiger partial charge is 0.385 e. The maximum absolute atomic E-state index is 12.0. The fraction of sp³-hybridized carbons (Fsp3) is 0.440. The van der Waals surface area contributed by atoms with Crippen molar-refractivity contribution in [2.75, 3.05) is 31.5 Å². The van der Waals surface area contributed by atoms with Crippen molar-refractivity contribution in [3.63, 3.8) is 0 Å². The zero-order valence-electron chi connectivity index (χ0n) is 18.1. The highest BCUT2D eigenvalue weighted by atomic mass is 35.5. The number of halogens is 1. The SMILES string of the molecule is Cl.O=c1[nH]nc(-c2cccc(NCCCCCN3CCCCCC3)c2)c2ccccc12. The molecule has 0 radical (unpaired) electrons. The molecule has 0 bridgehead atoms. The summed E-state index contributed by atoms with van der Waals surface area (Å²) in [6.07, 6.45) is 9.28. The van der Waals surface area contributed by atoms with Crippen LogP contribution in [-0.4, -0.2) is 41.3 Å². The topological polar surface area (TPSA) is 61.0 Å². The lowest BCUT2D eigenvalue weighted by molar-refractivity contribution is 0.278. The summed E-state index contributed by atoms with van der Waals surface area (Å²) in [6, 6.07) is 15.9. The second-order valence-electron chi connectivity index (χ2n) is 8.27. The van der Waals surface area contributed by atoms with Crippen LogP contribution in [0, 0.1) is 0 Å². The second kappa shape index (κ2) is 11.9. The lowest BCUT2D eigenvalue weighted by Crippen LogP contribution is -2.25. The monoisotopic (exact) mass is 440 g/mol. The van der Waals surface area contributed by atoms with Crippen molar-refractivity contribution < 1.29 is 0 Å². The molecular weight excluding hydrogens is 408 g/mol. The van der Waals surface area contributed by atoms with E-state index in [0.29, 0.717) is 5.39 Å². The van der Waals surface area contributed by atoms with Gasteiger partial charge in [-0.1, -0.05) is 49.6 Å². The van der Waals surface area contributed by atoms with Gasteiger partial charge in [-0.3, -0.25) is 4.79 Å². The number of nitrogens with one attached hydrogen (secondary N) is 2. The van der Waals surface area contributed by atoms with E-state index in [1.54, 1.807) is 0 Å². The Balaban J connectivity index is 0.00000272. The summed E-state index contributed by atoms with van der Waals surface area (Å²) in [6.45, 7) is 4.81. The molecule has 1 fully saturated rings. The van der Waals surface area contributed by atoms with Crippen LogP contribution in [-0.2, 0) is 0 Å². The van der Waals surface area contributed by atoms with E-state index in [1.807, 2.05) is 36.4 Å². The van der Waals surface area contributed by atoms with Gasteiger partial charge in [0.1, 0.15) is 0 Å². The second-order valence-corrected chi connectivity index (χ2v) is 8.27. The Labute approximate surface area is 190 Å². The van der Waals surface area contributed by atoms with Crippen LogP contribution in [0.25, 0.3) is 22.0 Å². The van der Waals surface area contributed by atoms with Crippen LogP contribution in [0.1, 0.15) is 44.9 Å². The molecule has 2 aromatic carbocycles. The number of rotatable bonds is 8. The van der Waals surface area contributed by atoms with Gasteiger partial charge in [0, 0.05) is 23.2 Å². The van der Waals surface area contributed by atoms with Gasteiger partial charge in [-0.05, 0) is 63.5 Å². The van der Waals surface area contributed by atoms with Gasteiger partial charge in [0.15, 0.2) is 0 Å². The van der Waals surface area contributed by atoms with E-state index in [1.165, 1.54) is 64.6 Å². The number of hydrogen-bond acceptors (Lipinski definition) is 4. The quantitative estimate of drug-likeness (QED) is 0.456. The molecule has 2 heterocycles. The van der Waals surface area contributed by atoms with E-state index < -0.39 is 0 Å². The molecule has 0 spiro atoms. The Morgan fingerprint density at radius 2 is 1.68 bits per heavy atom. The standard InChI is InChI=1S/C25H32N4O.ClH/c30-25-23-14-5-4-13-22(23)24(27-28-25)20-11-10-12-21(19-20)26-15-6-3-9-18-29-16-7-1-2-8-17-29;/h4-5,10-14,19,26H,1-3,6-9,15-18H2,(H,28,30);1H. The van der Waals surface area contributed by atoms with Crippen molar-refractivity contribution in [3.8, 4) is 11.3 Å². The Morgan fingerprint density at radius 3 is 2.48 bits per heavy atom. The van der Waals surface area contributed by atoms with Crippen molar-refractivity contribution in [1.29, 1.82) is 0 Å². The maximum Gasteiger partial charge on any atom is 0.272 e. The van der Waals surface area contributed by atoms with Gasteiger partial charge in [0.05, 0.1) is 11.1 Å². The molecule has 5 nitrogen and oxygen atoms in total. The van der Waals surface area contributed by atoms with Gasteiger partial charge >= 0.3 is 0 Å². The van der Waals surface area contributed by atoms with Crippen molar-refractivity contribution in [2.45, 2.75) is 44.9 Å². The molecule has 6 heteroatoms. The molecule has 166 valence electrons. The van der Waals surface area contributed by atoms with Crippen LogP contribution in [0.5, 0.6) is 0 Å². The molecule has 3 aromatic rings. The molecule has 1 saturated heterocycles. The number of anilines is 1. The highest BCUT2D eigenvalue weighted by Gasteiger charge is 2.09. The first-order valence-corrected chi connectivity index (χ1v) is 11.4. The lowest BCUT2D eigenvalue weighted by Gasteiger charge is -2.19. The van der Waals surface area contributed by atoms with E-state index in [9.17, 15) is 4.79 Å². The van der Waals surface area contributed by atoms with Crippen molar-refractivity contribution in [2.24, 2.45) is 0 Å². The zero-order valence-corrected chi connectivity index (χ0v) is 18.9. The van der Waals surface area contributed by atoms with Gasteiger partial charge in [-0.25, -0.2) is 5.10 Å². The molecule has 31 heavy (non-hydrogen) atoms. The van der Waals surface area contributed by atoms with E-state index in [2.05, 4.69) is 32.5 Å². The van der Waals surface area contributed by atoms with Crippen LogP contribution in [0.3, 0.4) is 0 Å². The summed E-state index contributed by atoms with van der Waals surface area (Å²) in [5, 5.41) is 12.1. The summed E-state index contributed by atoms with van der Waals surface area (Å²) in [5.74, 6) is 0. The fourth-order valence-electron chi connectivity index (χ4n) is 4.34. The number of fused-ring (bicyclic) bond motifs is 1. The number of nitrogens with zero attached hydrogens (tertiary/aromatic N) is 2. The molecule has 1 aliphatic rings. The first-order valence-electron chi connectivity index (χ1n) is 11.4. The molecule has 1 aliphatic heterocycles. The maximum atomic E-state index is 12.0. The smallest absolute Gasteiger partial charge is 0.272 e. The third kappa shape index (κ3) is 6.31. The zero-order chi connectivity index (χ0) is 20.6. The van der Waals surface area contributed by atoms with Gasteiger partial charge < -0.3 is 10.2 Å². The summed E-state index contributed by atoms with van der Waals surface area (Å²) < 4.78 is 0. The number of hydrogen-bond donors (Lipinski definition) is 2. The molecule has 1 aromatic heterocycles. The third-order valence-electron chi connectivity index (χ3n) is 6.01. The molecule has 4 rings (SSSR count). The van der Waals surface area contributed by atoms with Gasteiger partial charge in [-0.2, -0.15) is 5.10 Å². The van der Waals surface area contributed by atoms with E-state index in [0.717, 1.165) is 28.9 Å². The van der Waals surface area contributed by atoms with E-state index in [4.69, 9.17) is 0 Å². The minimum atomic E-state index is -0.149. The number of likely N-dealkylation sites (tertiary alicyclic amines) is 1. The average molecular weight is 441 g/mol. The van der Waals surface area contributed by atoms with Crippen LogP contribution in [0.2, 0.25) is 0 Å². The molecule has 0 atom stereocenters. The summed E-state index contributed by atoms with van der Waals surface area (Å²) >= 11 is 0. The highest BCUT2D eigenvalue weighted by molar-refractivity contribution is 5.94. The van der Waals surface area contributed by atoms with Crippen molar-refractivity contribution in [3.05, 3.63) is 58.9 Å². The number of H-pyrrole nitrogens is 1. The number of aromatic nitrogens is 2. The first kappa shape index (κ1) is 23.3. The van der Waals surface area contributed by atoms with Gasteiger partial charge in [0.25, 0.3) is 5.56 Å². The third-order valence-corrected chi connectivity index (χ3v) is 6.01. The lowest BCUT2D eigenvalue weighted by atomic mass is 10.0. The van der Waals surface area contributed by atoms with Crippen LogP contribution in [0.4, 0.5) is 5.69 Å². The highest BCUT2D eigenvalue weighted by Crippen LogP contribution is 2.26. The fourth-order valence-corrected chi connectivity index (χ4v) is 4.34. The summed E-state index contributed by atoms with van der Waals surface area (Å²) in [7, 11) is 0. The van der Waals surface area contributed by atoms with Crippen molar-refractivity contribution in [1.82, 2.24) is 15.1 Å². The minimum absolute atomic E-state index is 0. The number of unbranched alkanes of at least 4 members (excludes halogenated alkanes) is 2. The van der Waals surface area contributed by atoms with Crippen molar-refractivity contribution >= 4 is 28.9 Å². The molecule has 0 amide bonds. The number of aromatic amines is 1. The average Bonchev–Trinajstić information content (AvgIpc) is 3.06. The van der Waals surface area contributed by atoms with E-state index in [-0.39, 0.29) is 18.0 Å². The molecule has 0 aliphatic carbocycles. The molecular formula is C25H33ClN4O. The van der Waals surface area contributed by atoms with Crippen LogP contribution < -0.4 is 10.9 Å². The molecule has 2 N–H and O–H groups in total. The summed E-state index contributed by atoms with van der Waals surface area (Å²) in [4.78, 5) is 14.7. The first-order chi connectivity index (χ1) is 14.8. The predicted molar refractivity (Wildman–Crippen MR) is 132 cm³/mol. The summed E-state index contributed by atoms with van der Waals surface area (Å²) in [5.41, 5.74) is 2.76. The Morgan fingerprint density at radius 1 is 0.903 bits per heavy atom. The molecule has 0 saturated carbocycles. The normalized spacial score (nSPS) is 14.7. The molecule has 0 unspecified atom stereocenters. The van der Waals surface area contributed by atoms with Crippen LogP contribution >= 0.6 is 12.4 Å². The number of benzene rings is 2. The van der Waals surface area contributed by atoms with Gasteiger partial charge in [0.2, 0.25) is 0 Å². The Hall–Kier alpha value is -2.37. The predicted octanol–water partition coefficient (Wildman–Crippen LogP) is 5.47. The Kier molecular flexibility index (Phi) is 8.92. The van der Waals surface area contributed by atoms with E-state index >= 15 is 0 Å². The minimum Gasteiger partial charge on any atom is -0.385 e. The Bertz CT molecular complexity index is 1010. The van der Waals surface area contributed by atoms with Crippen LogP contribution in [0.15, 0.2) is 53.3 Å².